The fourth-order valence-corrected chi connectivity index (χ4v) is 5.84. The van der Waals surface area contributed by atoms with Crippen molar-refractivity contribution < 1.29 is 17.9 Å². The predicted octanol–water partition coefficient (Wildman–Crippen LogP) is 5.21. The number of thiazole rings is 1. The number of fused-ring (bicyclic) bond motifs is 1. The summed E-state index contributed by atoms with van der Waals surface area (Å²) in [6.45, 7) is 6.95. The molecule has 3 rings (SSSR count). The molecule has 0 radical (unpaired) electrons. The highest BCUT2D eigenvalue weighted by molar-refractivity contribution is 7.89. The molecule has 9 heteroatoms. The zero-order valence-corrected chi connectivity index (χ0v) is 21.0. The molecule has 3 aromatic rings. The summed E-state index contributed by atoms with van der Waals surface area (Å²) in [5.41, 5.74) is 1.69. The summed E-state index contributed by atoms with van der Waals surface area (Å²) in [4.78, 5) is 17.0. The fourth-order valence-electron chi connectivity index (χ4n) is 3.30. The third-order valence-electron chi connectivity index (χ3n) is 5.13. The zero-order valence-electron chi connectivity index (χ0n) is 19.3. The molecule has 1 aromatic heterocycles. The maximum Gasteiger partial charge on any atom is 0.264 e. The number of carbonyl (C=O) groups is 1. The first-order valence-corrected chi connectivity index (χ1v) is 13.5. The number of aromatic nitrogens is 1. The van der Waals surface area contributed by atoms with Crippen LogP contribution in [-0.4, -0.2) is 43.3 Å². The van der Waals surface area contributed by atoms with Crippen LogP contribution in [0.25, 0.3) is 10.2 Å². The van der Waals surface area contributed by atoms with Gasteiger partial charge in [-0.1, -0.05) is 50.2 Å². The van der Waals surface area contributed by atoms with E-state index in [-0.39, 0.29) is 17.4 Å². The van der Waals surface area contributed by atoms with Crippen molar-refractivity contribution in [3.05, 3.63) is 48.0 Å². The van der Waals surface area contributed by atoms with E-state index < -0.39 is 10.0 Å². The number of amides is 1. The smallest absolute Gasteiger partial charge is 0.264 e. The molecule has 7 nitrogen and oxygen atoms in total. The summed E-state index contributed by atoms with van der Waals surface area (Å²) in [6, 6.07) is 12.4. The number of carbonyl (C=O) groups excluding carboxylic acids is 1. The van der Waals surface area contributed by atoms with E-state index in [1.165, 1.54) is 11.3 Å². The number of benzene rings is 2. The van der Waals surface area contributed by atoms with Gasteiger partial charge in [-0.15, -0.1) is 0 Å². The Labute approximate surface area is 199 Å². The van der Waals surface area contributed by atoms with Crippen LogP contribution < -0.4 is 10.1 Å². The Hall–Kier alpha value is -2.49. The summed E-state index contributed by atoms with van der Waals surface area (Å²) in [5.74, 6) is 0.300. The van der Waals surface area contributed by atoms with E-state index in [4.69, 9.17) is 4.74 Å². The number of nitrogens with zero attached hydrogens (tertiary/aromatic N) is 2. The van der Waals surface area contributed by atoms with Crippen LogP contribution >= 0.6 is 11.3 Å². The minimum atomic E-state index is -3.59. The van der Waals surface area contributed by atoms with Gasteiger partial charge in [-0.2, -0.15) is 4.31 Å². The lowest BCUT2D eigenvalue weighted by Crippen LogP contribution is -2.33. The third-order valence-corrected chi connectivity index (χ3v) is 7.95. The number of hydrogen-bond acceptors (Lipinski definition) is 6. The molecule has 1 heterocycles. The second-order valence-corrected chi connectivity index (χ2v) is 10.9. The van der Waals surface area contributed by atoms with Gasteiger partial charge in [-0.05, 0) is 55.7 Å². The quantitative estimate of drug-likeness (QED) is 0.377. The lowest BCUT2D eigenvalue weighted by Gasteiger charge is -2.21. The van der Waals surface area contributed by atoms with Crippen LogP contribution in [-0.2, 0) is 14.8 Å². The second-order valence-electron chi connectivity index (χ2n) is 7.91. The SMILES string of the molecule is CCCCN(CCCC)S(=O)(=O)c1ccc2nc(NC(=O)COc3cccc(C)c3)sc2c1. The number of ether oxygens (including phenoxy) is 1. The Morgan fingerprint density at radius 3 is 2.48 bits per heavy atom. The standard InChI is InChI=1S/C24H31N3O4S2/c1-4-6-13-27(14-7-5-2)33(29,30)20-11-12-21-22(16-20)32-24(25-21)26-23(28)17-31-19-10-8-9-18(3)15-19/h8-12,15-16H,4-7,13-14,17H2,1-3H3,(H,25,26,28). The maximum atomic E-state index is 13.2. The molecule has 0 aliphatic carbocycles. The molecule has 0 atom stereocenters. The second kappa shape index (κ2) is 11.6. The number of unbranched alkanes of at least 4 members (excludes halogenated alkanes) is 2. The number of nitrogens with one attached hydrogen (secondary N) is 1. The molecule has 0 unspecified atom stereocenters. The van der Waals surface area contributed by atoms with Crippen molar-refractivity contribution in [3.63, 3.8) is 0 Å². The first-order valence-electron chi connectivity index (χ1n) is 11.2. The Bertz CT molecular complexity index is 1180. The van der Waals surface area contributed by atoms with Crippen LogP contribution in [0.1, 0.15) is 45.1 Å². The van der Waals surface area contributed by atoms with Crippen LogP contribution in [0.4, 0.5) is 5.13 Å². The number of rotatable bonds is 12. The highest BCUT2D eigenvalue weighted by Gasteiger charge is 2.24. The lowest BCUT2D eigenvalue weighted by molar-refractivity contribution is -0.118. The molecule has 178 valence electrons. The normalized spacial score (nSPS) is 11.8. The van der Waals surface area contributed by atoms with Gasteiger partial charge in [-0.25, -0.2) is 13.4 Å². The van der Waals surface area contributed by atoms with E-state index in [9.17, 15) is 13.2 Å². The molecule has 2 aromatic carbocycles. The summed E-state index contributed by atoms with van der Waals surface area (Å²) >= 11 is 1.25. The van der Waals surface area contributed by atoms with Crippen molar-refractivity contribution in [2.75, 3.05) is 25.0 Å². The van der Waals surface area contributed by atoms with Crippen LogP contribution in [0, 0.1) is 6.92 Å². The summed E-state index contributed by atoms with van der Waals surface area (Å²) < 4.78 is 34.3. The van der Waals surface area contributed by atoms with Gasteiger partial charge in [0, 0.05) is 13.1 Å². The minimum absolute atomic E-state index is 0.136. The van der Waals surface area contributed by atoms with Crippen LogP contribution in [0.15, 0.2) is 47.4 Å². The van der Waals surface area contributed by atoms with E-state index in [0.29, 0.717) is 34.2 Å². The molecular weight excluding hydrogens is 458 g/mol. The molecule has 1 amide bonds. The van der Waals surface area contributed by atoms with Gasteiger partial charge < -0.3 is 4.74 Å². The molecule has 33 heavy (non-hydrogen) atoms. The predicted molar refractivity (Wildman–Crippen MR) is 133 cm³/mol. The van der Waals surface area contributed by atoms with E-state index >= 15 is 0 Å². The van der Waals surface area contributed by atoms with Gasteiger partial charge >= 0.3 is 0 Å². The first-order chi connectivity index (χ1) is 15.8. The fraction of sp³-hybridized carbons (Fsp3) is 0.417. The molecule has 0 fully saturated rings. The van der Waals surface area contributed by atoms with Crippen LogP contribution in [0.5, 0.6) is 5.75 Å². The molecule has 0 aliphatic rings. The van der Waals surface area contributed by atoms with E-state index in [1.807, 2.05) is 25.1 Å². The van der Waals surface area contributed by atoms with E-state index in [0.717, 1.165) is 31.2 Å². The molecule has 0 aliphatic heterocycles. The molecule has 0 spiro atoms. The molecular formula is C24H31N3O4S2. The molecule has 1 N–H and O–H groups in total. The van der Waals surface area contributed by atoms with Gasteiger partial charge in [-0.3, -0.25) is 10.1 Å². The van der Waals surface area contributed by atoms with E-state index in [1.54, 1.807) is 28.6 Å². The van der Waals surface area contributed by atoms with Gasteiger partial charge in [0.1, 0.15) is 5.75 Å². The largest absolute Gasteiger partial charge is 0.484 e. The third kappa shape index (κ3) is 6.75. The Balaban J connectivity index is 1.71. The Kier molecular flexibility index (Phi) is 8.82. The highest BCUT2D eigenvalue weighted by Crippen LogP contribution is 2.29. The van der Waals surface area contributed by atoms with E-state index in [2.05, 4.69) is 24.1 Å². The average molecular weight is 490 g/mol. The van der Waals surface area contributed by atoms with Crippen molar-refractivity contribution in [1.29, 1.82) is 0 Å². The number of sulfonamides is 1. The number of aryl methyl sites for hydroxylation is 1. The van der Waals surface area contributed by atoms with Crippen molar-refractivity contribution in [2.24, 2.45) is 0 Å². The van der Waals surface area contributed by atoms with Gasteiger partial charge in [0.05, 0.1) is 15.1 Å². The summed E-state index contributed by atoms with van der Waals surface area (Å²) in [7, 11) is -3.59. The first kappa shape index (κ1) is 25.1. The Morgan fingerprint density at radius 2 is 1.82 bits per heavy atom. The van der Waals surface area contributed by atoms with Crippen molar-refractivity contribution in [2.45, 2.75) is 51.3 Å². The van der Waals surface area contributed by atoms with Gasteiger partial charge in [0.2, 0.25) is 10.0 Å². The number of anilines is 1. The zero-order chi connectivity index (χ0) is 23.8. The van der Waals surface area contributed by atoms with Crippen molar-refractivity contribution in [1.82, 2.24) is 9.29 Å². The maximum absolute atomic E-state index is 13.2. The number of hydrogen-bond donors (Lipinski definition) is 1. The van der Waals surface area contributed by atoms with Gasteiger partial charge in [0.25, 0.3) is 5.91 Å². The monoisotopic (exact) mass is 489 g/mol. The van der Waals surface area contributed by atoms with Gasteiger partial charge in [0.15, 0.2) is 11.7 Å². The molecule has 0 saturated heterocycles. The van der Waals surface area contributed by atoms with Crippen LogP contribution in [0.3, 0.4) is 0 Å². The van der Waals surface area contributed by atoms with Crippen LogP contribution in [0.2, 0.25) is 0 Å². The highest BCUT2D eigenvalue weighted by atomic mass is 32.2. The average Bonchev–Trinajstić information content (AvgIpc) is 3.19. The topological polar surface area (TPSA) is 88.6 Å². The minimum Gasteiger partial charge on any atom is -0.484 e. The Morgan fingerprint density at radius 1 is 1.09 bits per heavy atom. The molecule has 0 bridgehead atoms. The summed E-state index contributed by atoms with van der Waals surface area (Å²) in [5, 5.41) is 3.15. The van der Waals surface area contributed by atoms with Crippen molar-refractivity contribution in [3.8, 4) is 5.75 Å². The molecule has 0 saturated carbocycles. The van der Waals surface area contributed by atoms with Crippen molar-refractivity contribution >= 4 is 42.6 Å². The lowest BCUT2D eigenvalue weighted by atomic mass is 10.2. The summed E-state index contributed by atoms with van der Waals surface area (Å²) in [6.07, 6.45) is 3.52.